The molecule has 0 saturated carbocycles. The molecule has 1 aromatic carbocycles. The van der Waals surface area contributed by atoms with Crippen LogP contribution in [0.5, 0.6) is 5.75 Å². The monoisotopic (exact) mass is 278 g/mol. The van der Waals surface area contributed by atoms with Gasteiger partial charge < -0.3 is 20.1 Å². The largest absolute Gasteiger partial charge is 0.495 e. The third-order valence-corrected chi connectivity index (χ3v) is 3.03. The van der Waals surface area contributed by atoms with Crippen LogP contribution in [0.4, 0.5) is 5.69 Å². The number of carbonyl (C=O) groups is 2. The molecule has 6 nitrogen and oxygen atoms in total. The van der Waals surface area contributed by atoms with Gasteiger partial charge in [-0.3, -0.25) is 9.59 Å². The molecule has 0 aromatic heterocycles. The lowest BCUT2D eigenvalue weighted by Crippen LogP contribution is -2.39. The third kappa shape index (κ3) is 3.71. The molecule has 108 valence electrons. The van der Waals surface area contributed by atoms with Gasteiger partial charge in [0, 0.05) is 6.61 Å². The zero-order valence-corrected chi connectivity index (χ0v) is 11.3. The molecule has 1 heterocycles. The molecule has 0 spiro atoms. The highest BCUT2D eigenvalue weighted by Gasteiger charge is 2.23. The Hall–Kier alpha value is -2.08. The molecule has 1 aliphatic heterocycles. The molecule has 2 N–H and O–H groups in total. The smallest absolute Gasteiger partial charge is 0.249 e. The van der Waals surface area contributed by atoms with Crippen molar-refractivity contribution < 1.29 is 19.1 Å². The van der Waals surface area contributed by atoms with Gasteiger partial charge >= 0.3 is 0 Å². The highest BCUT2D eigenvalue weighted by molar-refractivity contribution is 5.96. The van der Waals surface area contributed by atoms with Crippen LogP contribution < -0.4 is 15.4 Å². The summed E-state index contributed by atoms with van der Waals surface area (Å²) in [7, 11) is 1.53. The quantitative estimate of drug-likeness (QED) is 0.840. The van der Waals surface area contributed by atoms with Crippen LogP contribution in [0.1, 0.15) is 12.8 Å². The highest BCUT2D eigenvalue weighted by Crippen LogP contribution is 2.22. The van der Waals surface area contributed by atoms with Gasteiger partial charge in [0.25, 0.3) is 0 Å². The molecule has 1 atom stereocenters. The van der Waals surface area contributed by atoms with Crippen LogP contribution >= 0.6 is 0 Å². The van der Waals surface area contributed by atoms with Crippen molar-refractivity contribution in [1.82, 2.24) is 5.32 Å². The van der Waals surface area contributed by atoms with Crippen LogP contribution in [-0.4, -0.2) is 38.2 Å². The molecule has 1 aliphatic rings. The van der Waals surface area contributed by atoms with Gasteiger partial charge in [-0.2, -0.15) is 0 Å². The van der Waals surface area contributed by atoms with E-state index in [4.69, 9.17) is 9.47 Å². The van der Waals surface area contributed by atoms with E-state index in [1.165, 1.54) is 7.11 Å². The first-order valence-electron chi connectivity index (χ1n) is 6.53. The lowest BCUT2D eigenvalue weighted by Gasteiger charge is -2.12. The maximum atomic E-state index is 11.8. The zero-order valence-electron chi connectivity index (χ0n) is 11.3. The van der Waals surface area contributed by atoms with Crippen LogP contribution in [-0.2, 0) is 14.3 Å². The van der Waals surface area contributed by atoms with Crippen molar-refractivity contribution in [3.63, 3.8) is 0 Å². The van der Waals surface area contributed by atoms with Crippen molar-refractivity contribution in [2.24, 2.45) is 0 Å². The van der Waals surface area contributed by atoms with Gasteiger partial charge in [0.05, 0.1) is 19.3 Å². The first kappa shape index (κ1) is 14.3. The number of rotatable bonds is 5. The highest BCUT2D eigenvalue weighted by atomic mass is 16.5. The fourth-order valence-electron chi connectivity index (χ4n) is 2.01. The van der Waals surface area contributed by atoms with E-state index in [1.54, 1.807) is 18.2 Å². The van der Waals surface area contributed by atoms with E-state index in [0.29, 0.717) is 24.5 Å². The van der Waals surface area contributed by atoms with Gasteiger partial charge in [-0.1, -0.05) is 12.1 Å². The van der Waals surface area contributed by atoms with Crippen molar-refractivity contribution >= 4 is 17.5 Å². The van der Waals surface area contributed by atoms with Gasteiger partial charge in [0.1, 0.15) is 11.9 Å². The Kier molecular flexibility index (Phi) is 4.95. The number of nitrogens with one attached hydrogen (secondary N) is 2. The lowest BCUT2D eigenvalue weighted by atomic mass is 10.2. The maximum absolute atomic E-state index is 11.8. The van der Waals surface area contributed by atoms with E-state index < -0.39 is 6.10 Å². The predicted molar refractivity (Wildman–Crippen MR) is 73.6 cm³/mol. The Morgan fingerprint density at radius 2 is 2.20 bits per heavy atom. The van der Waals surface area contributed by atoms with E-state index in [9.17, 15) is 9.59 Å². The molecule has 2 amide bonds. The van der Waals surface area contributed by atoms with Gasteiger partial charge in [-0.05, 0) is 25.0 Å². The molecule has 0 radical (unpaired) electrons. The standard InChI is InChI=1S/C14H18N2O4/c1-19-11-6-3-2-5-10(11)16-13(17)9-15-14(18)12-7-4-8-20-12/h2-3,5-6,12H,4,7-9H2,1H3,(H,15,18)(H,16,17). The number of hydrogen-bond acceptors (Lipinski definition) is 4. The Bertz CT molecular complexity index is 484. The minimum absolute atomic E-state index is 0.0866. The molecule has 2 rings (SSSR count). The summed E-state index contributed by atoms with van der Waals surface area (Å²) >= 11 is 0. The van der Waals surface area contributed by atoms with Crippen molar-refractivity contribution in [3.05, 3.63) is 24.3 Å². The number of methoxy groups -OCH3 is 1. The second-order valence-electron chi connectivity index (χ2n) is 4.47. The van der Waals surface area contributed by atoms with Crippen LogP contribution in [0.15, 0.2) is 24.3 Å². The maximum Gasteiger partial charge on any atom is 0.249 e. The third-order valence-electron chi connectivity index (χ3n) is 3.03. The average molecular weight is 278 g/mol. The average Bonchev–Trinajstić information content (AvgIpc) is 2.99. The van der Waals surface area contributed by atoms with Crippen LogP contribution in [0.25, 0.3) is 0 Å². The zero-order chi connectivity index (χ0) is 14.4. The summed E-state index contributed by atoms with van der Waals surface area (Å²) in [5, 5.41) is 5.25. The number of anilines is 1. The fraction of sp³-hybridized carbons (Fsp3) is 0.429. The summed E-state index contributed by atoms with van der Waals surface area (Å²) in [6, 6.07) is 7.09. The summed E-state index contributed by atoms with van der Waals surface area (Å²) in [4.78, 5) is 23.5. The predicted octanol–water partition coefficient (Wildman–Crippen LogP) is 0.929. The van der Waals surface area contributed by atoms with Crippen molar-refractivity contribution in [1.29, 1.82) is 0 Å². The summed E-state index contributed by atoms with van der Waals surface area (Å²) in [6.45, 7) is 0.516. The minimum Gasteiger partial charge on any atom is -0.495 e. The number of amides is 2. The number of carbonyl (C=O) groups excluding carboxylic acids is 2. The molecule has 1 unspecified atom stereocenters. The summed E-state index contributed by atoms with van der Waals surface area (Å²) in [5.41, 5.74) is 0.575. The van der Waals surface area contributed by atoms with E-state index in [1.807, 2.05) is 6.07 Å². The molecular weight excluding hydrogens is 260 g/mol. The molecule has 0 aliphatic carbocycles. The van der Waals surface area contributed by atoms with E-state index in [-0.39, 0.29) is 18.4 Å². The van der Waals surface area contributed by atoms with Crippen molar-refractivity contribution in [2.45, 2.75) is 18.9 Å². The van der Waals surface area contributed by atoms with Gasteiger partial charge in [-0.25, -0.2) is 0 Å². The minimum atomic E-state index is -0.422. The summed E-state index contributed by atoms with van der Waals surface area (Å²) < 4.78 is 10.4. The molecule has 0 bridgehead atoms. The topological polar surface area (TPSA) is 76.7 Å². The van der Waals surface area contributed by atoms with E-state index >= 15 is 0 Å². The Morgan fingerprint density at radius 1 is 1.40 bits per heavy atom. The SMILES string of the molecule is COc1ccccc1NC(=O)CNC(=O)C1CCCO1. The first-order valence-corrected chi connectivity index (χ1v) is 6.53. The number of benzene rings is 1. The normalized spacial score (nSPS) is 17.6. The van der Waals surface area contributed by atoms with Gasteiger partial charge in [-0.15, -0.1) is 0 Å². The Morgan fingerprint density at radius 3 is 2.90 bits per heavy atom. The van der Waals surface area contributed by atoms with Gasteiger partial charge in [0.15, 0.2) is 0 Å². The van der Waals surface area contributed by atoms with Crippen molar-refractivity contribution in [3.8, 4) is 5.75 Å². The summed E-state index contributed by atoms with van der Waals surface area (Å²) in [6.07, 6.45) is 1.17. The molecule has 20 heavy (non-hydrogen) atoms. The molecular formula is C14H18N2O4. The lowest BCUT2D eigenvalue weighted by molar-refractivity contribution is -0.131. The number of hydrogen-bond donors (Lipinski definition) is 2. The Labute approximate surface area is 117 Å². The number of ether oxygens (including phenoxy) is 2. The molecule has 6 heteroatoms. The molecule has 1 fully saturated rings. The van der Waals surface area contributed by atoms with Crippen molar-refractivity contribution in [2.75, 3.05) is 25.6 Å². The summed E-state index contributed by atoms with van der Waals surface area (Å²) in [5.74, 6) is 0.0322. The van der Waals surface area contributed by atoms with Gasteiger partial charge in [0.2, 0.25) is 11.8 Å². The first-order chi connectivity index (χ1) is 9.70. The number of para-hydroxylation sites is 2. The Balaban J connectivity index is 1.81. The van der Waals surface area contributed by atoms with Crippen LogP contribution in [0, 0.1) is 0 Å². The molecule has 1 saturated heterocycles. The van der Waals surface area contributed by atoms with Crippen LogP contribution in [0.2, 0.25) is 0 Å². The second-order valence-corrected chi connectivity index (χ2v) is 4.47. The van der Waals surface area contributed by atoms with Crippen LogP contribution in [0.3, 0.4) is 0 Å². The van der Waals surface area contributed by atoms with E-state index in [2.05, 4.69) is 10.6 Å². The molecule has 1 aromatic rings. The second kappa shape index (κ2) is 6.91. The fourth-order valence-corrected chi connectivity index (χ4v) is 2.01. The van der Waals surface area contributed by atoms with E-state index in [0.717, 1.165) is 6.42 Å².